The average Bonchev–Trinajstić information content (AvgIpc) is 2.41. The zero-order valence-electron chi connectivity index (χ0n) is 9.14. The summed E-state index contributed by atoms with van der Waals surface area (Å²) >= 11 is 0. The first-order valence-electron chi connectivity index (χ1n) is 5.45. The van der Waals surface area contributed by atoms with E-state index in [0.29, 0.717) is 11.5 Å². The average molecular weight is 185 g/mol. The maximum absolute atomic E-state index is 9.39. The van der Waals surface area contributed by atoms with Gasteiger partial charge in [-0.25, -0.2) is 0 Å². The van der Waals surface area contributed by atoms with Crippen LogP contribution in [0.15, 0.2) is 0 Å². The molecular weight excluding hydrogens is 162 g/mol. The molecule has 0 saturated heterocycles. The molecule has 0 spiro atoms. The summed E-state index contributed by atoms with van der Waals surface area (Å²) in [6.45, 7) is 7.43. The Morgan fingerprint density at radius 1 is 1.54 bits per heavy atom. The molecule has 0 radical (unpaired) electrons. The molecule has 2 unspecified atom stereocenters. The summed E-state index contributed by atoms with van der Waals surface area (Å²) in [5.74, 6) is 0. The van der Waals surface area contributed by atoms with Gasteiger partial charge in [-0.05, 0) is 31.1 Å². The second-order valence-electron chi connectivity index (χ2n) is 5.07. The van der Waals surface area contributed by atoms with Crippen LogP contribution in [0.1, 0.15) is 46.5 Å². The van der Waals surface area contributed by atoms with E-state index in [1.54, 1.807) is 0 Å². The van der Waals surface area contributed by atoms with Crippen LogP contribution < -0.4 is 5.32 Å². The summed E-state index contributed by atoms with van der Waals surface area (Å²) in [6.07, 6.45) is 4.52. The molecule has 78 valence electrons. The Hall–Kier alpha value is -0.0800. The Bertz CT molecular complexity index is 156. The zero-order chi connectivity index (χ0) is 9.90. The maximum atomic E-state index is 9.39. The van der Waals surface area contributed by atoms with Crippen LogP contribution in [0, 0.1) is 5.41 Å². The van der Waals surface area contributed by atoms with Crippen LogP contribution in [0.5, 0.6) is 0 Å². The van der Waals surface area contributed by atoms with Gasteiger partial charge in [0.05, 0.1) is 6.10 Å². The molecule has 0 aromatic carbocycles. The van der Waals surface area contributed by atoms with Crippen molar-refractivity contribution < 1.29 is 5.11 Å². The fraction of sp³-hybridized carbons (Fsp3) is 1.00. The minimum Gasteiger partial charge on any atom is -0.392 e. The summed E-state index contributed by atoms with van der Waals surface area (Å²) in [6, 6.07) is 0.635. The monoisotopic (exact) mass is 185 g/mol. The van der Waals surface area contributed by atoms with E-state index in [1.807, 2.05) is 6.92 Å². The van der Waals surface area contributed by atoms with Crippen LogP contribution >= 0.6 is 0 Å². The van der Waals surface area contributed by atoms with E-state index in [4.69, 9.17) is 0 Å². The van der Waals surface area contributed by atoms with Gasteiger partial charge in [0, 0.05) is 12.6 Å². The number of hydrogen-bond acceptors (Lipinski definition) is 2. The number of hydrogen-bond donors (Lipinski definition) is 2. The van der Waals surface area contributed by atoms with Gasteiger partial charge < -0.3 is 10.4 Å². The number of nitrogens with one attached hydrogen (secondary N) is 1. The molecular formula is C11H23NO. The van der Waals surface area contributed by atoms with Gasteiger partial charge in [0.25, 0.3) is 0 Å². The van der Waals surface area contributed by atoms with Crippen LogP contribution in [-0.4, -0.2) is 23.8 Å². The Labute approximate surface area is 81.7 Å². The van der Waals surface area contributed by atoms with Crippen LogP contribution in [-0.2, 0) is 0 Å². The molecule has 2 heteroatoms. The van der Waals surface area contributed by atoms with Gasteiger partial charge in [-0.3, -0.25) is 0 Å². The number of aliphatic hydroxyl groups excluding tert-OH is 1. The second-order valence-corrected chi connectivity index (χ2v) is 5.07. The highest BCUT2D eigenvalue weighted by Gasteiger charge is 2.30. The molecule has 1 aliphatic carbocycles. The minimum absolute atomic E-state index is 0.163. The normalized spacial score (nSPS) is 29.1. The maximum Gasteiger partial charge on any atom is 0.0662 e. The first-order valence-corrected chi connectivity index (χ1v) is 5.45. The van der Waals surface area contributed by atoms with Crippen molar-refractivity contribution in [2.24, 2.45) is 5.41 Å². The van der Waals surface area contributed by atoms with E-state index < -0.39 is 0 Å². The molecule has 0 heterocycles. The summed E-state index contributed by atoms with van der Waals surface area (Å²) in [5, 5.41) is 12.8. The van der Waals surface area contributed by atoms with Crippen molar-refractivity contribution in [1.29, 1.82) is 0 Å². The lowest BCUT2D eigenvalue weighted by Gasteiger charge is -2.19. The van der Waals surface area contributed by atoms with Crippen molar-refractivity contribution in [2.45, 2.75) is 58.6 Å². The van der Waals surface area contributed by atoms with Gasteiger partial charge in [-0.15, -0.1) is 0 Å². The SMILES string of the molecule is CCC(O)CNC1CCC(C)(C)C1. The van der Waals surface area contributed by atoms with E-state index in [1.165, 1.54) is 19.3 Å². The predicted molar refractivity (Wildman–Crippen MR) is 55.7 cm³/mol. The van der Waals surface area contributed by atoms with Crippen molar-refractivity contribution in [3.8, 4) is 0 Å². The largest absolute Gasteiger partial charge is 0.392 e. The van der Waals surface area contributed by atoms with Gasteiger partial charge in [0.2, 0.25) is 0 Å². The summed E-state index contributed by atoms with van der Waals surface area (Å²) in [4.78, 5) is 0. The van der Waals surface area contributed by atoms with E-state index in [9.17, 15) is 5.11 Å². The molecule has 2 nitrogen and oxygen atoms in total. The van der Waals surface area contributed by atoms with Gasteiger partial charge >= 0.3 is 0 Å². The third-order valence-corrected chi connectivity index (χ3v) is 3.08. The van der Waals surface area contributed by atoms with E-state index in [2.05, 4.69) is 19.2 Å². The Morgan fingerprint density at radius 2 is 2.23 bits per heavy atom. The lowest BCUT2D eigenvalue weighted by molar-refractivity contribution is 0.162. The minimum atomic E-state index is -0.163. The predicted octanol–water partition coefficient (Wildman–Crippen LogP) is 1.93. The van der Waals surface area contributed by atoms with Crippen molar-refractivity contribution in [1.82, 2.24) is 5.32 Å². The van der Waals surface area contributed by atoms with Crippen LogP contribution in [0.2, 0.25) is 0 Å². The molecule has 0 amide bonds. The van der Waals surface area contributed by atoms with Gasteiger partial charge in [0.15, 0.2) is 0 Å². The molecule has 13 heavy (non-hydrogen) atoms. The smallest absolute Gasteiger partial charge is 0.0662 e. The Morgan fingerprint density at radius 3 is 2.69 bits per heavy atom. The lowest BCUT2D eigenvalue weighted by Crippen LogP contribution is -2.34. The molecule has 1 saturated carbocycles. The molecule has 0 aliphatic heterocycles. The molecule has 1 aliphatic rings. The standard InChI is InChI=1S/C11H23NO/c1-4-10(13)8-12-9-5-6-11(2,3)7-9/h9-10,12-13H,4-8H2,1-3H3. The van der Waals surface area contributed by atoms with Crippen molar-refractivity contribution in [3.63, 3.8) is 0 Å². The molecule has 2 atom stereocenters. The molecule has 0 aromatic rings. The highest BCUT2D eigenvalue weighted by Crippen LogP contribution is 2.36. The second kappa shape index (κ2) is 4.43. The molecule has 1 rings (SSSR count). The highest BCUT2D eigenvalue weighted by atomic mass is 16.3. The van der Waals surface area contributed by atoms with E-state index >= 15 is 0 Å². The van der Waals surface area contributed by atoms with E-state index in [0.717, 1.165) is 13.0 Å². The fourth-order valence-corrected chi connectivity index (χ4v) is 2.06. The molecule has 2 N–H and O–H groups in total. The van der Waals surface area contributed by atoms with Crippen LogP contribution in [0.3, 0.4) is 0 Å². The third kappa shape index (κ3) is 3.65. The quantitative estimate of drug-likeness (QED) is 0.701. The van der Waals surface area contributed by atoms with Crippen molar-refractivity contribution in [2.75, 3.05) is 6.54 Å². The highest BCUT2D eigenvalue weighted by molar-refractivity contribution is 4.86. The topological polar surface area (TPSA) is 32.3 Å². The van der Waals surface area contributed by atoms with Crippen LogP contribution in [0.25, 0.3) is 0 Å². The molecule has 1 fully saturated rings. The van der Waals surface area contributed by atoms with Gasteiger partial charge in [-0.2, -0.15) is 0 Å². The summed E-state index contributed by atoms with van der Waals surface area (Å²) < 4.78 is 0. The number of rotatable bonds is 4. The third-order valence-electron chi connectivity index (χ3n) is 3.08. The summed E-state index contributed by atoms with van der Waals surface area (Å²) in [5.41, 5.74) is 0.509. The lowest BCUT2D eigenvalue weighted by atomic mass is 9.92. The van der Waals surface area contributed by atoms with Gasteiger partial charge in [-0.1, -0.05) is 20.8 Å². The molecule has 0 bridgehead atoms. The zero-order valence-corrected chi connectivity index (χ0v) is 9.14. The summed E-state index contributed by atoms with van der Waals surface area (Å²) in [7, 11) is 0. The first kappa shape index (κ1) is 11.0. The Balaban J connectivity index is 2.17. The van der Waals surface area contributed by atoms with Crippen molar-refractivity contribution >= 4 is 0 Å². The fourth-order valence-electron chi connectivity index (χ4n) is 2.06. The van der Waals surface area contributed by atoms with E-state index in [-0.39, 0.29) is 6.10 Å². The first-order chi connectivity index (χ1) is 6.03. The van der Waals surface area contributed by atoms with Gasteiger partial charge in [0.1, 0.15) is 0 Å². The molecule has 0 aromatic heterocycles. The Kier molecular flexibility index (Phi) is 3.74. The van der Waals surface area contributed by atoms with Crippen molar-refractivity contribution in [3.05, 3.63) is 0 Å². The number of aliphatic hydroxyl groups is 1. The van der Waals surface area contributed by atoms with Crippen LogP contribution in [0.4, 0.5) is 0 Å².